The van der Waals surface area contributed by atoms with E-state index in [0.29, 0.717) is 12.3 Å². The van der Waals surface area contributed by atoms with Gasteiger partial charge in [0.2, 0.25) is 5.91 Å². The third-order valence-electron chi connectivity index (χ3n) is 4.22. The Hall–Kier alpha value is -1.35. The molecular formula is C16H21N2O. The van der Waals surface area contributed by atoms with Gasteiger partial charge in [0.25, 0.3) is 0 Å². The molecule has 3 rings (SSSR count). The predicted octanol–water partition coefficient (Wildman–Crippen LogP) is 2.09. The van der Waals surface area contributed by atoms with Crippen LogP contribution in [0.2, 0.25) is 0 Å². The van der Waals surface area contributed by atoms with Crippen molar-refractivity contribution in [3.63, 3.8) is 0 Å². The summed E-state index contributed by atoms with van der Waals surface area (Å²) in [7, 11) is 0. The summed E-state index contributed by atoms with van der Waals surface area (Å²) >= 11 is 0. The fourth-order valence-corrected chi connectivity index (χ4v) is 3.14. The number of nitrogens with one attached hydrogen (secondary N) is 1. The maximum absolute atomic E-state index is 11.8. The van der Waals surface area contributed by atoms with Gasteiger partial charge in [-0.15, -0.1) is 0 Å². The zero-order chi connectivity index (χ0) is 13.1. The van der Waals surface area contributed by atoms with E-state index >= 15 is 0 Å². The van der Waals surface area contributed by atoms with Crippen molar-refractivity contribution in [2.75, 3.05) is 19.6 Å². The van der Waals surface area contributed by atoms with Gasteiger partial charge >= 0.3 is 0 Å². The van der Waals surface area contributed by atoms with Crippen molar-refractivity contribution in [3.05, 3.63) is 41.8 Å². The second kappa shape index (κ2) is 5.74. The number of piperidine rings is 1. The first kappa shape index (κ1) is 12.7. The van der Waals surface area contributed by atoms with Gasteiger partial charge in [0.1, 0.15) is 0 Å². The molecule has 0 saturated carbocycles. The van der Waals surface area contributed by atoms with Crippen LogP contribution in [-0.4, -0.2) is 30.4 Å². The van der Waals surface area contributed by atoms with E-state index in [1.54, 1.807) is 0 Å². The highest BCUT2D eigenvalue weighted by Crippen LogP contribution is 2.29. The van der Waals surface area contributed by atoms with Gasteiger partial charge in [-0.1, -0.05) is 24.3 Å². The monoisotopic (exact) mass is 257 g/mol. The lowest BCUT2D eigenvalue weighted by atomic mass is 9.87. The number of carbonyl (C=O) groups excluding carboxylic acids is 1. The van der Waals surface area contributed by atoms with Crippen LogP contribution in [0.1, 0.15) is 36.3 Å². The quantitative estimate of drug-likeness (QED) is 0.899. The van der Waals surface area contributed by atoms with Gasteiger partial charge in [-0.25, -0.2) is 0 Å². The van der Waals surface area contributed by atoms with E-state index in [-0.39, 0.29) is 5.91 Å². The standard InChI is InChI=1S/C16H21N2O/c19-16-6-3-11-18(16)12-14-4-1-2-5-15(14)13-7-9-17-10-8-13/h1-5,13,17H,6-12H2. The summed E-state index contributed by atoms with van der Waals surface area (Å²) < 4.78 is 0. The topological polar surface area (TPSA) is 32.3 Å². The molecule has 0 aliphatic carbocycles. The molecule has 0 spiro atoms. The number of likely N-dealkylation sites (tertiary alicyclic amines) is 1. The molecule has 2 saturated heterocycles. The predicted molar refractivity (Wildman–Crippen MR) is 75.6 cm³/mol. The van der Waals surface area contributed by atoms with Gasteiger partial charge in [0, 0.05) is 19.5 Å². The van der Waals surface area contributed by atoms with E-state index in [9.17, 15) is 4.79 Å². The second-order valence-electron chi connectivity index (χ2n) is 5.49. The Kier molecular flexibility index (Phi) is 3.83. The molecule has 1 N–H and O–H groups in total. The maximum atomic E-state index is 11.8. The number of hydrogen-bond donors (Lipinski definition) is 1. The summed E-state index contributed by atoms with van der Waals surface area (Å²) in [5.41, 5.74) is 2.78. The highest BCUT2D eigenvalue weighted by molar-refractivity contribution is 5.79. The molecule has 0 unspecified atom stereocenters. The first-order valence-electron chi connectivity index (χ1n) is 7.22. The lowest BCUT2D eigenvalue weighted by Crippen LogP contribution is -2.28. The molecule has 0 aromatic heterocycles. The van der Waals surface area contributed by atoms with Crippen molar-refractivity contribution in [3.8, 4) is 0 Å². The van der Waals surface area contributed by atoms with Crippen LogP contribution >= 0.6 is 0 Å². The van der Waals surface area contributed by atoms with E-state index in [1.165, 1.54) is 24.0 Å². The Balaban J connectivity index is 1.78. The summed E-state index contributed by atoms with van der Waals surface area (Å²) in [4.78, 5) is 13.7. The number of nitrogens with zero attached hydrogens (tertiary/aromatic N) is 1. The van der Waals surface area contributed by atoms with E-state index in [4.69, 9.17) is 0 Å². The molecule has 0 bridgehead atoms. The zero-order valence-corrected chi connectivity index (χ0v) is 11.3. The lowest BCUT2D eigenvalue weighted by Gasteiger charge is -2.26. The first-order valence-corrected chi connectivity index (χ1v) is 7.22. The molecule has 1 aromatic rings. The zero-order valence-electron chi connectivity index (χ0n) is 11.3. The van der Waals surface area contributed by atoms with Crippen LogP contribution in [-0.2, 0) is 11.3 Å². The molecule has 2 heterocycles. The summed E-state index contributed by atoms with van der Waals surface area (Å²) in [5.74, 6) is 0.916. The van der Waals surface area contributed by atoms with Crippen molar-refractivity contribution in [1.29, 1.82) is 0 Å². The smallest absolute Gasteiger partial charge is 0.223 e. The van der Waals surface area contributed by atoms with Crippen molar-refractivity contribution in [1.82, 2.24) is 10.2 Å². The molecule has 3 nitrogen and oxygen atoms in total. The van der Waals surface area contributed by atoms with Crippen molar-refractivity contribution in [2.45, 2.75) is 31.7 Å². The van der Waals surface area contributed by atoms with Gasteiger partial charge in [0.15, 0.2) is 0 Å². The van der Waals surface area contributed by atoms with Gasteiger partial charge in [-0.3, -0.25) is 4.79 Å². The fourth-order valence-electron chi connectivity index (χ4n) is 3.14. The van der Waals surface area contributed by atoms with E-state index in [2.05, 4.69) is 36.0 Å². The summed E-state index contributed by atoms with van der Waals surface area (Å²) in [6.45, 7) is 3.79. The van der Waals surface area contributed by atoms with E-state index < -0.39 is 0 Å². The van der Waals surface area contributed by atoms with Crippen molar-refractivity contribution < 1.29 is 4.79 Å². The van der Waals surface area contributed by atoms with Crippen LogP contribution < -0.4 is 5.32 Å². The minimum Gasteiger partial charge on any atom is -0.338 e. The Morgan fingerprint density at radius 1 is 1.21 bits per heavy atom. The highest BCUT2D eigenvalue weighted by Gasteiger charge is 2.23. The van der Waals surface area contributed by atoms with Crippen LogP contribution in [0.3, 0.4) is 0 Å². The third kappa shape index (κ3) is 2.81. The van der Waals surface area contributed by atoms with Gasteiger partial charge in [-0.05, 0) is 49.4 Å². The average molecular weight is 257 g/mol. The maximum Gasteiger partial charge on any atom is 0.223 e. The average Bonchev–Trinajstić information content (AvgIpc) is 2.86. The van der Waals surface area contributed by atoms with E-state index in [1.807, 2.05) is 4.90 Å². The Bertz CT molecular complexity index is 452. The van der Waals surface area contributed by atoms with Gasteiger partial charge in [0.05, 0.1) is 0 Å². The summed E-state index contributed by atoms with van der Waals surface area (Å²) in [6, 6.07) is 8.64. The number of benzene rings is 1. The van der Waals surface area contributed by atoms with Crippen LogP contribution in [0.5, 0.6) is 0 Å². The molecule has 1 amide bonds. The first-order chi connectivity index (χ1) is 9.34. The van der Waals surface area contributed by atoms with Gasteiger partial charge in [-0.2, -0.15) is 0 Å². The highest BCUT2D eigenvalue weighted by atomic mass is 16.2. The number of hydrogen-bond acceptors (Lipinski definition) is 2. The normalized spacial score (nSPS) is 21.1. The largest absolute Gasteiger partial charge is 0.338 e. The lowest BCUT2D eigenvalue weighted by molar-refractivity contribution is -0.128. The molecular weight excluding hydrogens is 236 g/mol. The molecule has 2 aliphatic rings. The molecule has 2 aliphatic heterocycles. The molecule has 1 radical (unpaired) electrons. The number of carbonyl (C=O) groups is 1. The molecule has 0 atom stereocenters. The molecule has 19 heavy (non-hydrogen) atoms. The summed E-state index contributed by atoms with van der Waals surface area (Å²) in [6.07, 6.45) is 5.08. The molecule has 1 aromatic carbocycles. The molecule has 2 fully saturated rings. The van der Waals surface area contributed by atoms with Crippen LogP contribution in [0.4, 0.5) is 0 Å². The Morgan fingerprint density at radius 2 is 2.00 bits per heavy atom. The van der Waals surface area contributed by atoms with Gasteiger partial charge < -0.3 is 10.2 Å². The number of amides is 1. The van der Waals surface area contributed by atoms with Crippen molar-refractivity contribution >= 4 is 5.91 Å². The SMILES string of the molecule is O=C1C[CH]CN1Cc1ccccc1C1CCNCC1. The second-order valence-corrected chi connectivity index (χ2v) is 5.49. The minimum atomic E-state index is 0.264. The van der Waals surface area contributed by atoms with Crippen LogP contribution in [0.15, 0.2) is 24.3 Å². The third-order valence-corrected chi connectivity index (χ3v) is 4.22. The van der Waals surface area contributed by atoms with E-state index in [0.717, 1.165) is 26.2 Å². The minimum absolute atomic E-state index is 0.264. The summed E-state index contributed by atoms with van der Waals surface area (Å²) in [5, 5.41) is 3.41. The Morgan fingerprint density at radius 3 is 2.74 bits per heavy atom. The van der Waals surface area contributed by atoms with Crippen LogP contribution in [0.25, 0.3) is 0 Å². The number of rotatable bonds is 3. The van der Waals surface area contributed by atoms with Crippen molar-refractivity contribution in [2.24, 2.45) is 0 Å². The molecule has 101 valence electrons. The van der Waals surface area contributed by atoms with Crippen LogP contribution in [0, 0.1) is 6.42 Å². The molecule has 3 heteroatoms. The Labute approximate surface area is 115 Å². The fraction of sp³-hybridized carbons (Fsp3) is 0.500.